The standard InChI is InChI=1S/C24H33N3O6Si/c1-24(2,3)34(4,5)33-16-19-22(26-10-9-25-19)23(30)27-11-12-31-14-17(27)15-32-21-8-6-7-20(29)18(21)13-28/h6-10,13,17,29H,11-12,14-16H2,1-5H3/t17-/m0/s1. The van der Waals surface area contributed by atoms with Gasteiger partial charge >= 0.3 is 0 Å². The van der Waals surface area contributed by atoms with E-state index in [0.29, 0.717) is 25.1 Å². The highest BCUT2D eigenvalue weighted by molar-refractivity contribution is 6.74. The molecule has 0 bridgehead atoms. The molecule has 10 heteroatoms. The molecule has 0 spiro atoms. The Morgan fingerprint density at radius 2 is 2.03 bits per heavy atom. The zero-order chi connectivity index (χ0) is 24.9. The summed E-state index contributed by atoms with van der Waals surface area (Å²) in [5.74, 6) is -0.187. The van der Waals surface area contributed by atoms with Crippen LogP contribution in [0.15, 0.2) is 30.6 Å². The number of hydrogen-bond acceptors (Lipinski definition) is 8. The number of amides is 1. The summed E-state index contributed by atoms with van der Waals surface area (Å²) in [5.41, 5.74) is 0.815. The van der Waals surface area contributed by atoms with Gasteiger partial charge in [0, 0.05) is 18.9 Å². The number of phenolic OH excluding ortho intramolecular Hbond substituents is 1. The predicted octanol–water partition coefficient (Wildman–Crippen LogP) is 3.44. The van der Waals surface area contributed by atoms with Gasteiger partial charge in [-0.1, -0.05) is 26.8 Å². The molecule has 0 aliphatic carbocycles. The fourth-order valence-corrected chi connectivity index (χ4v) is 4.21. The molecule has 1 aliphatic heterocycles. The van der Waals surface area contributed by atoms with Gasteiger partial charge in [0.15, 0.2) is 20.3 Å². The first-order chi connectivity index (χ1) is 16.0. The molecular formula is C24H33N3O6Si. The normalized spacial score (nSPS) is 16.9. The third kappa shape index (κ3) is 5.80. The van der Waals surface area contributed by atoms with Crippen molar-refractivity contribution in [3.8, 4) is 11.5 Å². The Morgan fingerprint density at radius 3 is 2.74 bits per heavy atom. The highest BCUT2D eigenvalue weighted by Gasteiger charge is 2.38. The molecule has 1 aromatic heterocycles. The average molecular weight is 488 g/mol. The maximum atomic E-state index is 13.5. The highest BCUT2D eigenvalue weighted by Crippen LogP contribution is 2.37. The molecule has 1 fully saturated rings. The van der Waals surface area contributed by atoms with E-state index in [9.17, 15) is 14.7 Å². The summed E-state index contributed by atoms with van der Waals surface area (Å²) in [7, 11) is -2.04. The topological polar surface area (TPSA) is 111 Å². The fourth-order valence-electron chi connectivity index (χ4n) is 3.28. The van der Waals surface area contributed by atoms with Gasteiger partial charge in [-0.15, -0.1) is 0 Å². The fraction of sp³-hybridized carbons (Fsp3) is 0.500. The van der Waals surface area contributed by atoms with Gasteiger partial charge < -0.3 is 23.9 Å². The summed E-state index contributed by atoms with van der Waals surface area (Å²) in [4.78, 5) is 35.2. The molecule has 1 atom stereocenters. The van der Waals surface area contributed by atoms with Gasteiger partial charge in [0.25, 0.3) is 5.91 Å². The van der Waals surface area contributed by atoms with Gasteiger partial charge in [-0.2, -0.15) is 0 Å². The molecule has 0 unspecified atom stereocenters. The number of phenols is 1. The number of aromatic nitrogens is 2. The molecule has 2 aromatic rings. The van der Waals surface area contributed by atoms with Crippen LogP contribution in [0.2, 0.25) is 18.1 Å². The number of rotatable bonds is 8. The highest BCUT2D eigenvalue weighted by atomic mass is 28.4. The largest absolute Gasteiger partial charge is 0.507 e. The summed E-state index contributed by atoms with van der Waals surface area (Å²) in [6, 6.07) is 4.20. The van der Waals surface area contributed by atoms with Gasteiger partial charge in [-0.05, 0) is 30.3 Å². The van der Waals surface area contributed by atoms with Crippen LogP contribution in [-0.2, 0) is 15.8 Å². The van der Waals surface area contributed by atoms with Crippen LogP contribution >= 0.6 is 0 Å². The van der Waals surface area contributed by atoms with Crippen LogP contribution in [-0.4, -0.2) is 72.9 Å². The first-order valence-electron chi connectivity index (χ1n) is 11.3. The van der Waals surface area contributed by atoms with Gasteiger partial charge in [-0.3, -0.25) is 14.6 Å². The number of morpholine rings is 1. The van der Waals surface area contributed by atoms with E-state index < -0.39 is 14.4 Å². The number of benzene rings is 1. The van der Waals surface area contributed by atoms with Crippen LogP contribution in [0.5, 0.6) is 11.5 Å². The second-order valence-electron chi connectivity index (χ2n) is 9.75. The Bertz CT molecular complexity index is 1020. The summed E-state index contributed by atoms with van der Waals surface area (Å²) in [5, 5.41) is 9.91. The van der Waals surface area contributed by atoms with Gasteiger partial charge in [0.2, 0.25) is 0 Å². The van der Waals surface area contributed by atoms with Gasteiger partial charge in [-0.25, -0.2) is 4.98 Å². The SMILES string of the molecule is CC(C)(C)[Si](C)(C)OCc1nccnc1C(=O)N1CCOC[C@H]1COc1cccc(O)c1C=O. The predicted molar refractivity (Wildman–Crippen MR) is 129 cm³/mol. The Morgan fingerprint density at radius 1 is 1.29 bits per heavy atom. The number of nitrogens with zero attached hydrogens (tertiary/aromatic N) is 3. The first-order valence-corrected chi connectivity index (χ1v) is 14.2. The van der Waals surface area contributed by atoms with Crippen molar-refractivity contribution >= 4 is 20.5 Å². The maximum absolute atomic E-state index is 13.5. The van der Waals surface area contributed by atoms with E-state index in [1.165, 1.54) is 12.3 Å². The van der Waals surface area contributed by atoms with Crippen LogP contribution in [0, 0.1) is 0 Å². The third-order valence-corrected chi connectivity index (χ3v) is 10.9. The van der Waals surface area contributed by atoms with E-state index in [-0.39, 0.29) is 53.5 Å². The molecule has 3 rings (SSSR count). The van der Waals surface area contributed by atoms with Crippen LogP contribution in [0.4, 0.5) is 0 Å². The van der Waals surface area contributed by atoms with Crippen LogP contribution < -0.4 is 4.74 Å². The number of aldehydes is 1. The minimum absolute atomic E-state index is 0.0261. The Labute approximate surface area is 201 Å². The van der Waals surface area contributed by atoms with Crippen LogP contribution in [0.25, 0.3) is 0 Å². The summed E-state index contributed by atoms with van der Waals surface area (Å²) in [6.45, 7) is 12.1. The van der Waals surface area contributed by atoms with Crippen LogP contribution in [0.3, 0.4) is 0 Å². The molecule has 1 aromatic carbocycles. The molecule has 1 aliphatic rings. The van der Waals surface area contributed by atoms with Gasteiger partial charge in [0.05, 0.1) is 37.1 Å². The van der Waals surface area contributed by atoms with Crippen molar-refractivity contribution in [3.63, 3.8) is 0 Å². The summed E-state index contributed by atoms with van der Waals surface area (Å²) >= 11 is 0. The molecule has 0 saturated carbocycles. The quantitative estimate of drug-likeness (QED) is 0.445. The zero-order valence-electron chi connectivity index (χ0n) is 20.4. The zero-order valence-corrected chi connectivity index (χ0v) is 21.4. The van der Waals surface area contributed by atoms with Crippen LogP contribution in [0.1, 0.15) is 47.3 Å². The lowest BCUT2D eigenvalue weighted by Crippen LogP contribution is -2.52. The molecular weight excluding hydrogens is 454 g/mol. The smallest absolute Gasteiger partial charge is 0.274 e. The van der Waals surface area contributed by atoms with E-state index in [1.54, 1.807) is 23.2 Å². The minimum Gasteiger partial charge on any atom is -0.507 e. The van der Waals surface area contributed by atoms with E-state index in [1.807, 2.05) is 0 Å². The van der Waals surface area contributed by atoms with E-state index >= 15 is 0 Å². The van der Waals surface area contributed by atoms with Crippen molar-refractivity contribution in [3.05, 3.63) is 47.5 Å². The van der Waals surface area contributed by atoms with E-state index in [2.05, 4.69) is 43.8 Å². The second kappa shape index (κ2) is 10.6. The van der Waals surface area contributed by atoms with E-state index in [4.69, 9.17) is 13.9 Å². The number of carbonyl (C=O) groups is 2. The first kappa shape index (κ1) is 25.8. The Kier molecular flexibility index (Phi) is 8.06. The molecule has 2 heterocycles. The summed E-state index contributed by atoms with van der Waals surface area (Å²) in [6.07, 6.45) is 3.60. The lowest BCUT2D eigenvalue weighted by atomic mass is 10.1. The number of hydrogen-bond donors (Lipinski definition) is 1. The van der Waals surface area contributed by atoms with E-state index in [0.717, 1.165) is 0 Å². The molecule has 9 nitrogen and oxygen atoms in total. The minimum atomic E-state index is -2.04. The molecule has 184 valence electrons. The average Bonchev–Trinajstić information content (AvgIpc) is 2.80. The lowest BCUT2D eigenvalue weighted by Gasteiger charge is -2.37. The number of carbonyl (C=O) groups excluding carboxylic acids is 2. The van der Waals surface area contributed by atoms with Crippen molar-refractivity contribution in [1.82, 2.24) is 14.9 Å². The van der Waals surface area contributed by atoms with Crippen molar-refractivity contribution in [2.75, 3.05) is 26.4 Å². The Balaban J connectivity index is 1.76. The second-order valence-corrected chi connectivity index (χ2v) is 14.6. The molecule has 1 saturated heterocycles. The van der Waals surface area contributed by atoms with Gasteiger partial charge in [0.1, 0.15) is 18.1 Å². The number of aromatic hydroxyl groups is 1. The number of ether oxygens (including phenoxy) is 2. The molecule has 0 radical (unpaired) electrons. The third-order valence-electron chi connectivity index (χ3n) is 6.43. The lowest BCUT2D eigenvalue weighted by molar-refractivity contribution is -0.0155. The van der Waals surface area contributed by atoms with Crippen molar-refractivity contribution < 1.29 is 28.6 Å². The van der Waals surface area contributed by atoms with Crippen molar-refractivity contribution in [2.45, 2.75) is 51.6 Å². The molecule has 1 amide bonds. The molecule has 1 N–H and O–H groups in total. The summed E-state index contributed by atoms with van der Waals surface area (Å²) < 4.78 is 17.7. The monoisotopic (exact) mass is 487 g/mol. The Hall–Kier alpha value is -2.82. The van der Waals surface area contributed by atoms with Crippen molar-refractivity contribution in [2.24, 2.45) is 0 Å². The van der Waals surface area contributed by atoms with Crippen molar-refractivity contribution in [1.29, 1.82) is 0 Å². The molecule has 34 heavy (non-hydrogen) atoms. The maximum Gasteiger partial charge on any atom is 0.274 e.